The third-order valence-electron chi connectivity index (χ3n) is 3.25. The van der Waals surface area contributed by atoms with Crippen LogP contribution in [-0.2, 0) is 0 Å². The molecule has 1 saturated carbocycles. The molecule has 0 amide bonds. The van der Waals surface area contributed by atoms with Gasteiger partial charge in [-0.3, -0.25) is 0 Å². The normalized spacial score (nSPS) is 17.2. The van der Waals surface area contributed by atoms with E-state index in [9.17, 15) is 0 Å². The van der Waals surface area contributed by atoms with E-state index in [1.807, 2.05) is 11.8 Å². The van der Waals surface area contributed by atoms with Crippen LogP contribution in [0.2, 0.25) is 0 Å². The second-order valence-corrected chi connectivity index (χ2v) is 5.91. The van der Waals surface area contributed by atoms with E-state index in [2.05, 4.69) is 36.9 Å². The Balaban J connectivity index is 1.80. The molecule has 86 valence electrons. The fourth-order valence-electron chi connectivity index (χ4n) is 2.41. The lowest BCUT2D eigenvalue weighted by atomic mass is 9.87. The molecule has 0 N–H and O–H groups in total. The van der Waals surface area contributed by atoms with E-state index in [4.69, 9.17) is 0 Å². The molecule has 1 heteroatoms. The van der Waals surface area contributed by atoms with Crippen LogP contribution in [0.15, 0.2) is 46.7 Å². The molecule has 0 nitrogen and oxygen atoms in total. The summed E-state index contributed by atoms with van der Waals surface area (Å²) in [6.45, 7) is 4.21. The first-order chi connectivity index (χ1) is 7.84. The molecule has 0 radical (unpaired) electrons. The van der Waals surface area contributed by atoms with Crippen LogP contribution < -0.4 is 0 Å². The van der Waals surface area contributed by atoms with Crippen LogP contribution in [0.5, 0.6) is 0 Å². The summed E-state index contributed by atoms with van der Waals surface area (Å²) in [6.07, 6.45) is 8.32. The molecule has 0 aromatic heterocycles. The minimum atomic E-state index is 0.900. The molecule has 1 aliphatic rings. The Kier molecular flexibility index (Phi) is 4.53. The molecule has 0 saturated heterocycles. The van der Waals surface area contributed by atoms with Gasteiger partial charge in [-0.15, -0.1) is 0 Å². The molecule has 0 unspecified atom stereocenters. The topological polar surface area (TPSA) is 0 Å². The lowest BCUT2D eigenvalue weighted by Crippen LogP contribution is -2.05. The fraction of sp³-hybridized carbons (Fsp3) is 0.467. The molecule has 0 aliphatic heterocycles. The first kappa shape index (κ1) is 11.8. The van der Waals surface area contributed by atoms with Gasteiger partial charge in [-0.25, -0.2) is 0 Å². The van der Waals surface area contributed by atoms with Crippen LogP contribution in [0, 0.1) is 5.92 Å². The summed E-state index contributed by atoms with van der Waals surface area (Å²) in [7, 11) is 0. The number of allylic oxidation sites excluding steroid dienone is 1. The molecule has 2 rings (SSSR count). The van der Waals surface area contributed by atoms with Gasteiger partial charge in [0.05, 0.1) is 0 Å². The van der Waals surface area contributed by atoms with Crippen molar-refractivity contribution in [2.24, 2.45) is 5.92 Å². The third-order valence-corrected chi connectivity index (χ3v) is 4.21. The molecule has 0 atom stereocenters. The second-order valence-electron chi connectivity index (χ2n) is 4.66. The van der Waals surface area contributed by atoms with Crippen molar-refractivity contribution in [3.63, 3.8) is 0 Å². The molecular formula is C15H20S. The van der Waals surface area contributed by atoms with Crippen LogP contribution in [0.25, 0.3) is 0 Å². The highest BCUT2D eigenvalue weighted by atomic mass is 32.2. The van der Waals surface area contributed by atoms with Crippen LogP contribution >= 0.6 is 11.8 Å². The molecule has 0 heterocycles. The minimum absolute atomic E-state index is 0.900. The van der Waals surface area contributed by atoms with Gasteiger partial charge in [0.2, 0.25) is 0 Å². The highest BCUT2D eigenvalue weighted by Crippen LogP contribution is 2.34. The zero-order chi connectivity index (χ0) is 11.2. The number of rotatable bonds is 4. The molecule has 1 aromatic carbocycles. The Labute approximate surface area is 103 Å². The van der Waals surface area contributed by atoms with E-state index >= 15 is 0 Å². The Morgan fingerprint density at radius 2 is 1.81 bits per heavy atom. The lowest BCUT2D eigenvalue weighted by molar-refractivity contribution is 0.360. The summed E-state index contributed by atoms with van der Waals surface area (Å²) in [5.41, 5.74) is 0. The summed E-state index contributed by atoms with van der Waals surface area (Å²) in [5, 5.41) is 0. The molecule has 0 bridgehead atoms. The van der Waals surface area contributed by atoms with Crippen molar-refractivity contribution in [3.05, 3.63) is 41.8 Å². The number of thioether (sulfide) groups is 1. The van der Waals surface area contributed by atoms with Gasteiger partial charge >= 0.3 is 0 Å². The highest BCUT2D eigenvalue weighted by molar-refractivity contribution is 8.03. The van der Waals surface area contributed by atoms with Gasteiger partial charge in [0.15, 0.2) is 0 Å². The first-order valence-electron chi connectivity index (χ1n) is 6.25. The summed E-state index contributed by atoms with van der Waals surface area (Å²) in [4.78, 5) is 2.65. The quantitative estimate of drug-likeness (QED) is 0.638. The highest BCUT2D eigenvalue weighted by Gasteiger charge is 2.14. The van der Waals surface area contributed by atoms with Crippen molar-refractivity contribution < 1.29 is 0 Å². The molecule has 16 heavy (non-hydrogen) atoms. The van der Waals surface area contributed by atoms with Crippen molar-refractivity contribution in [1.82, 2.24) is 0 Å². The lowest BCUT2D eigenvalue weighted by Gasteiger charge is -2.22. The molecular weight excluding hydrogens is 212 g/mol. The van der Waals surface area contributed by atoms with Gasteiger partial charge in [-0.05, 0) is 29.4 Å². The summed E-state index contributed by atoms with van der Waals surface area (Å²) < 4.78 is 0. The van der Waals surface area contributed by atoms with Crippen molar-refractivity contribution in [1.29, 1.82) is 0 Å². The average molecular weight is 232 g/mol. The zero-order valence-electron chi connectivity index (χ0n) is 9.82. The van der Waals surface area contributed by atoms with E-state index in [1.165, 1.54) is 48.3 Å². The summed E-state index contributed by atoms with van der Waals surface area (Å²) in [6, 6.07) is 10.6. The summed E-state index contributed by atoms with van der Waals surface area (Å²) >= 11 is 1.84. The van der Waals surface area contributed by atoms with E-state index in [0.29, 0.717) is 0 Å². The maximum absolute atomic E-state index is 4.21. The molecule has 0 spiro atoms. The predicted molar refractivity (Wildman–Crippen MR) is 72.6 cm³/mol. The monoisotopic (exact) mass is 232 g/mol. The van der Waals surface area contributed by atoms with Crippen LogP contribution in [0.4, 0.5) is 0 Å². The predicted octanol–water partition coefficient (Wildman–Crippen LogP) is 5.26. The SMILES string of the molecule is C=C(CC1CCCCC1)Sc1ccccc1. The van der Waals surface area contributed by atoms with Crippen LogP contribution in [-0.4, -0.2) is 0 Å². The van der Waals surface area contributed by atoms with Gasteiger partial charge < -0.3 is 0 Å². The van der Waals surface area contributed by atoms with Gasteiger partial charge in [0.25, 0.3) is 0 Å². The molecule has 1 aliphatic carbocycles. The van der Waals surface area contributed by atoms with Crippen LogP contribution in [0.3, 0.4) is 0 Å². The van der Waals surface area contributed by atoms with Gasteiger partial charge in [-0.1, -0.05) is 68.6 Å². The maximum Gasteiger partial charge on any atom is 0.0118 e. The third kappa shape index (κ3) is 3.71. The van der Waals surface area contributed by atoms with Crippen molar-refractivity contribution in [2.45, 2.75) is 43.4 Å². The first-order valence-corrected chi connectivity index (χ1v) is 7.07. The number of hydrogen-bond acceptors (Lipinski definition) is 1. The van der Waals surface area contributed by atoms with E-state index in [-0.39, 0.29) is 0 Å². The van der Waals surface area contributed by atoms with Crippen molar-refractivity contribution in [3.8, 4) is 0 Å². The molecule has 1 fully saturated rings. The Hall–Kier alpha value is -0.690. The number of benzene rings is 1. The minimum Gasteiger partial charge on any atom is -0.0952 e. The van der Waals surface area contributed by atoms with E-state index in [1.54, 1.807) is 0 Å². The van der Waals surface area contributed by atoms with E-state index in [0.717, 1.165) is 5.92 Å². The largest absolute Gasteiger partial charge is 0.0952 e. The maximum atomic E-state index is 4.21. The second kappa shape index (κ2) is 6.15. The Morgan fingerprint density at radius 1 is 1.12 bits per heavy atom. The summed E-state index contributed by atoms with van der Waals surface area (Å²) in [5.74, 6) is 0.900. The Morgan fingerprint density at radius 3 is 2.50 bits per heavy atom. The standard InChI is InChI=1S/C15H20S/c1-13(12-14-8-4-2-5-9-14)16-15-10-6-3-7-11-15/h3,6-7,10-11,14H,1-2,4-5,8-9,12H2. The van der Waals surface area contributed by atoms with Crippen LogP contribution in [0.1, 0.15) is 38.5 Å². The fourth-order valence-corrected chi connectivity index (χ4v) is 3.36. The van der Waals surface area contributed by atoms with E-state index < -0.39 is 0 Å². The van der Waals surface area contributed by atoms with Crippen molar-refractivity contribution >= 4 is 11.8 Å². The zero-order valence-corrected chi connectivity index (χ0v) is 10.6. The molecule has 1 aromatic rings. The Bertz CT molecular complexity index is 323. The van der Waals surface area contributed by atoms with Gasteiger partial charge in [0, 0.05) is 4.90 Å². The number of hydrogen-bond donors (Lipinski definition) is 0. The smallest absolute Gasteiger partial charge is 0.0118 e. The van der Waals surface area contributed by atoms with Crippen molar-refractivity contribution in [2.75, 3.05) is 0 Å². The average Bonchev–Trinajstić information content (AvgIpc) is 2.31. The van der Waals surface area contributed by atoms with Gasteiger partial charge in [0.1, 0.15) is 0 Å². The van der Waals surface area contributed by atoms with Gasteiger partial charge in [-0.2, -0.15) is 0 Å².